The molecule has 11 heterocycles. The van der Waals surface area contributed by atoms with Crippen LogP contribution in [0.2, 0.25) is 0 Å². The lowest BCUT2D eigenvalue weighted by molar-refractivity contribution is 0.666. The fraction of sp³-hybridized carbons (Fsp3) is 0. The number of aromatic nitrogens is 5. The lowest BCUT2D eigenvalue weighted by Gasteiger charge is -2.13. The molecule has 0 atom stereocenters. The summed E-state index contributed by atoms with van der Waals surface area (Å²) in [5, 5.41) is 26.1. The smallest absolute Gasteiger partial charge is 0.159 e. The van der Waals surface area contributed by atoms with Crippen LogP contribution >= 0.6 is 0 Å². The molecule has 0 aliphatic heterocycles. The van der Waals surface area contributed by atoms with Gasteiger partial charge in [-0.3, -0.25) is 0 Å². The highest BCUT2D eigenvalue weighted by Crippen LogP contribution is 2.50. The Bertz CT molecular complexity index is 11400. The number of fused-ring (bicyclic) bond motifs is 37. The molecule has 0 fully saturated rings. The molecule has 0 saturated heterocycles. The summed E-state index contributed by atoms with van der Waals surface area (Å²) < 4.78 is 49.2. The molecule has 34 rings (SSSR count). The van der Waals surface area contributed by atoms with Crippen molar-refractivity contribution in [3.8, 4) is 61.8 Å². The van der Waals surface area contributed by atoms with Gasteiger partial charge in [0.15, 0.2) is 5.58 Å². The number of furan rings is 6. The molecular weight excluding hydrogens is 1820 g/mol. The Morgan fingerprint density at radius 2 is 0.369 bits per heavy atom. The molecule has 149 heavy (non-hydrogen) atoms. The van der Waals surface area contributed by atoms with Gasteiger partial charge in [0, 0.05) is 141 Å². The van der Waals surface area contributed by atoms with Crippen LogP contribution in [-0.4, -0.2) is 22.8 Å². The number of benzene rings is 23. The average Bonchev–Trinajstić information content (AvgIpc) is 1.56. The quantitative estimate of drug-likeness (QED) is 0.150. The monoisotopic (exact) mass is 1910 g/mol. The van der Waals surface area contributed by atoms with Gasteiger partial charge in [0.05, 0.1) is 60.9 Å². The molecule has 0 aliphatic rings. The Kier molecular flexibility index (Phi) is 18.6. The van der Waals surface area contributed by atoms with Crippen molar-refractivity contribution in [2.45, 2.75) is 0 Å². The minimum absolute atomic E-state index is 0.901. The Morgan fingerprint density at radius 1 is 0.114 bits per heavy atom. The van der Waals surface area contributed by atoms with E-state index in [1.165, 1.54) is 148 Å². The van der Waals surface area contributed by atoms with Gasteiger partial charge in [-0.15, -0.1) is 0 Å². The fourth-order valence-electron chi connectivity index (χ4n) is 24.1. The first-order chi connectivity index (χ1) is 73.9. The Balaban J connectivity index is 0.0000000902. The maximum absolute atomic E-state index is 6.41. The lowest BCUT2D eigenvalue weighted by Crippen LogP contribution is -1.98. The molecule has 0 spiro atoms. The molecule has 11 heteroatoms. The van der Waals surface area contributed by atoms with E-state index in [2.05, 4.69) is 466 Å². The third-order valence-corrected chi connectivity index (χ3v) is 30.5. The number of hydrogen-bond acceptors (Lipinski definition) is 6. The summed E-state index contributed by atoms with van der Waals surface area (Å²) in [4.78, 5) is 0. The van der Waals surface area contributed by atoms with Gasteiger partial charge in [-0.25, -0.2) is 0 Å². The molecule has 11 nitrogen and oxygen atoms in total. The maximum atomic E-state index is 6.41. The Morgan fingerprint density at radius 3 is 0.772 bits per heavy atom. The summed E-state index contributed by atoms with van der Waals surface area (Å²) in [6.07, 6.45) is 0. The van der Waals surface area contributed by atoms with Crippen LogP contribution in [0.3, 0.4) is 0 Å². The van der Waals surface area contributed by atoms with Crippen LogP contribution in [0.15, 0.2) is 530 Å². The fourth-order valence-corrected chi connectivity index (χ4v) is 24.1. The van der Waals surface area contributed by atoms with Crippen LogP contribution in [0, 0.1) is 0 Å². The zero-order valence-corrected chi connectivity index (χ0v) is 80.1. The number of hydrogen-bond donors (Lipinski definition) is 0. The lowest BCUT2D eigenvalue weighted by atomic mass is 9.93. The van der Waals surface area contributed by atoms with Crippen molar-refractivity contribution < 1.29 is 26.5 Å². The van der Waals surface area contributed by atoms with E-state index in [4.69, 9.17) is 26.5 Å². The summed E-state index contributed by atoms with van der Waals surface area (Å²) in [5.41, 5.74) is 35.6. The molecule has 34 aromatic rings. The predicted molar refractivity (Wildman–Crippen MR) is 617 cm³/mol. The molecule has 0 bridgehead atoms. The molecule has 0 radical (unpaired) electrons. The van der Waals surface area contributed by atoms with Crippen LogP contribution in [0.1, 0.15) is 0 Å². The van der Waals surface area contributed by atoms with Crippen LogP contribution < -0.4 is 0 Å². The van der Waals surface area contributed by atoms with Crippen molar-refractivity contribution in [1.29, 1.82) is 0 Å². The number of rotatable bonds is 8. The third-order valence-electron chi connectivity index (χ3n) is 30.5. The summed E-state index contributed by atoms with van der Waals surface area (Å²) in [6, 6.07) is 178. The van der Waals surface area contributed by atoms with Crippen molar-refractivity contribution >= 4 is 241 Å². The van der Waals surface area contributed by atoms with E-state index in [0.717, 1.165) is 155 Å². The topological polar surface area (TPSA) is 103 Å². The van der Waals surface area contributed by atoms with Gasteiger partial charge in [0.2, 0.25) is 0 Å². The summed E-state index contributed by atoms with van der Waals surface area (Å²) >= 11 is 0. The maximum Gasteiger partial charge on any atom is 0.159 e. The zero-order chi connectivity index (χ0) is 97.6. The van der Waals surface area contributed by atoms with Gasteiger partial charge in [-0.05, 0) is 228 Å². The summed E-state index contributed by atoms with van der Waals surface area (Å²) in [7, 11) is 0. The number of para-hydroxylation sites is 13. The predicted octanol–water partition coefficient (Wildman–Crippen LogP) is 38.6. The standard InChI is InChI=1S/C42H27NO.C36H22N2O.2C30H17NO2/c1-3-11-28(12-4-1)31-25-32(29-13-5-2-6-14-29)27-33(26-31)30-19-21-34(22-20-30)43-37-17-9-7-15-35(37)41-38(43)23-24-40-42(41)36-16-8-10-18-39(36)44-40;1-5-16-29-25(12-1)26-13-2-6-17-30(26)37(29)23-10-9-11-24(22-23)38-31-18-7-3-14-27(31)35-32(38)20-21-34-36(35)28-15-4-8-19-33(28)39-34;1-4-12-22-20(9-1)28-23(16-17-27-29(28)21-10-3-6-15-26(21)32-27)31(22)24-13-7-11-19-18-8-2-5-14-25(18)33-30(19)24;1-4-10-23-20(8-1)29-24(14-16-28-30(29)21-9-3-6-12-26(21)33-28)31(23)18-13-15-27-22(17-18)19-7-2-5-11-25(19)32-27/h1-27H;1-22H;2*1-17H. The zero-order valence-electron chi connectivity index (χ0n) is 80.1. The van der Waals surface area contributed by atoms with Crippen LogP contribution in [0.5, 0.6) is 0 Å². The second-order valence-electron chi connectivity index (χ2n) is 38.6. The highest BCUT2D eigenvalue weighted by atomic mass is 16.3. The second kappa shape index (κ2) is 33.2. The average molecular weight is 1910 g/mol. The molecule has 0 amide bonds. The molecule has 696 valence electrons. The molecule has 0 N–H and O–H groups in total. The van der Waals surface area contributed by atoms with E-state index in [0.29, 0.717) is 0 Å². The molecule has 11 aromatic heterocycles. The van der Waals surface area contributed by atoms with Gasteiger partial charge < -0.3 is 49.3 Å². The second-order valence-corrected chi connectivity index (χ2v) is 38.6. The van der Waals surface area contributed by atoms with Gasteiger partial charge in [-0.1, -0.05) is 309 Å². The largest absolute Gasteiger partial charge is 0.456 e. The van der Waals surface area contributed by atoms with Crippen molar-refractivity contribution in [3.63, 3.8) is 0 Å². The Labute approximate surface area is 849 Å². The van der Waals surface area contributed by atoms with E-state index >= 15 is 0 Å². The summed E-state index contributed by atoms with van der Waals surface area (Å²) in [5.74, 6) is 0. The van der Waals surface area contributed by atoms with Crippen LogP contribution in [0.25, 0.3) is 302 Å². The van der Waals surface area contributed by atoms with E-state index in [1.54, 1.807) is 0 Å². The highest BCUT2D eigenvalue weighted by molar-refractivity contribution is 6.32. The SMILES string of the molecule is c1cc(-n2c3ccccc3c3ccccc32)cc(-n2c3ccccc3c3c4c(ccc32)oc2ccccc24)c1.c1ccc(-c2cc(-c3ccccc3)cc(-c3ccc(-n4c5ccccc5c5c6c(ccc54)oc4ccccc46)cc3)c2)cc1.c1ccc2c(c1)oc1c(-n3c4ccccc4c4c5c(ccc43)oc3ccccc35)cccc12.c1ccc2c(c1)oc1ccc(-n3c4ccccc4c4c5c(ccc43)oc3ccccc35)cc12. The first kappa shape index (κ1) is 83.5. The van der Waals surface area contributed by atoms with E-state index in [1.807, 2.05) is 60.7 Å². The van der Waals surface area contributed by atoms with Gasteiger partial charge in [-0.2, -0.15) is 0 Å². The minimum atomic E-state index is 0.901. The summed E-state index contributed by atoms with van der Waals surface area (Å²) in [6.45, 7) is 0. The molecular formula is C138H83N5O6. The van der Waals surface area contributed by atoms with Crippen molar-refractivity contribution in [3.05, 3.63) is 504 Å². The van der Waals surface area contributed by atoms with Crippen molar-refractivity contribution in [2.75, 3.05) is 0 Å². The van der Waals surface area contributed by atoms with Crippen molar-refractivity contribution in [1.82, 2.24) is 22.8 Å². The number of nitrogens with zero attached hydrogens (tertiary/aromatic N) is 5. The molecule has 23 aromatic carbocycles. The first-order valence-electron chi connectivity index (χ1n) is 50.6. The molecule has 0 unspecified atom stereocenters. The van der Waals surface area contributed by atoms with Gasteiger partial charge in [0.25, 0.3) is 0 Å². The van der Waals surface area contributed by atoms with E-state index in [9.17, 15) is 0 Å². The van der Waals surface area contributed by atoms with Gasteiger partial charge in [0.1, 0.15) is 61.4 Å². The normalized spacial score (nSPS) is 12.0. The minimum Gasteiger partial charge on any atom is -0.456 e. The van der Waals surface area contributed by atoms with Crippen LogP contribution in [-0.2, 0) is 0 Å². The first-order valence-corrected chi connectivity index (χ1v) is 50.6. The molecule has 0 aliphatic carbocycles. The third kappa shape index (κ3) is 13.0. The Hall–Kier alpha value is -20.1. The van der Waals surface area contributed by atoms with E-state index < -0.39 is 0 Å². The highest BCUT2D eigenvalue weighted by Gasteiger charge is 2.28. The molecule has 0 saturated carbocycles. The van der Waals surface area contributed by atoms with Crippen molar-refractivity contribution in [2.24, 2.45) is 0 Å². The van der Waals surface area contributed by atoms with Gasteiger partial charge >= 0.3 is 0 Å². The van der Waals surface area contributed by atoms with E-state index in [-0.39, 0.29) is 0 Å². The van der Waals surface area contributed by atoms with Crippen LogP contribution in [0.4, 0.5) is 0 Å².